The van der Waals surface area contributed by atoms with Crippen molar-refractivity contribution in [2.75, 3.05) is 43.9 Å². The highest BCUT2D eigenvalue weighted by atomic mass is 35.5. The Balaban J connectivity index is 1.61. The van der Waals surface area contributed by atoms with Crippen molar-refractivity contribution < 1.29 is 22.3 Å². The summed E-state index contributed by atoms with van der Waals surface area (Å²) in [6.07, 6.45) is -2.20. The summed E-state index contributed by atoms with van der Waals surface area (Å²) in [6, 6.07) is 4.61. The Morgan fingerprint density at radius 3 is 2.51 bits per heavy atom. The summed E-state index contributed by atoms with van der Waals surface area (Å²) in [5.41, 5.74) is 4.78. The van der Waals surface area contributed by atoms with Crippen LogP contribution in [0.4, 0.5) is 29.2 Å². The largest absolute Gasteiger partial charge is 0.462 e. The fourth-order valence-electron chi connectivity index (χ4n) is 4.97. The number of nitrogens with zero attached hydrogens (tertiary/aromatic N) is 5. The van der Waals surface area contributed by atoms with Crippen LogP contribution < -0.4 is 15.4 Å². The zero-order valence-corrected chi connectivity index (χ0v) is 21.0. The molecule has 12 heteroatoms. The number of alkyl halides is 4. The topological polar surface area (TPSA) is 80.4 Å². The summed E-state index contributed by atoms with van der Waals surface area (Å²) >= 11 is 6.54. The molecule has 5 rings (SSSR count). The van der Waals surface area contributed by atoms with Crippen LogP contribution in [-0.2, 0) is 6.18 Å². The maximum absolute atomic E-state index is 14.3. The highest BCUT2D eigenvalue weighted by Gasteiger charge is 2.36. The van der Waals surface area contributed by atoms with E-state index in [4.69, 9.17) is 22.1 Å². The molecule has 7 nitrogen and oxygen atoms in total. The third-order valence-corrected chi connectivity index (χ3v) is 7.31. The molecule has 4 heterocycles. The van der Waals surface area contributed by atoms with Crippen molar-refractivity contribution in [2.24, 2.45) is 0 Å². The molecule has 0 unspecified atom stereocenters. The summed E-state index contributed by atoms with van der Waals surface area (Å²) in [5, 5.41) is 0.654. The molecule has 37 heavy (non-hydrogen) atoms. The first kappa shape index (κ1) is 25.7. The minimum Gasteiger partial charge on any atom is -0.462 e. The lowest BCUT2D eigenvalue weighted by atomic mass is 10.0. The van der Waals surface area contributed by atoms with Crippen molar-refractivity contribution in [1.82, 2.24) is 19.9 Å². The van der Waals surface area contributed by atoms with Gasteiger partial charge < -0.3 is 15.4 Å². The Morgan fingerprint density at radius 2 is 1.84 bits per heavy atom. The number of benzene rings is 1. The molecule has 2 aliphatic heterocycles. The molecule has 0 amide bonds. The first-order valence-corrected chi connectivity index (χ1v) is 12.6. The fraction of sp³-hybridized carbons (Fsp3) is 0.480. The van der Waals surface area contributed by atoms with Crippen molar-refractivity contribution in [3.63, 3.8) is 0 Å². The van der Waals surface area contributed by atoms with Crippen LogP contribution in [0.3, 0.4) is 0 Å². The predicted molar refractivity (Wildman–Crippen MR) is 135 cm³/mol. The molecule has 198 valence electrons. The molecule has 0 radical (unpaired) electrons. The van der Waals surface area contributed by atoms with Crippen molar-refractivity contribution in [2.45, 2.75) is 44.1 Å². The Bertz CT molecular complexity index is 1290. The fourth-order valence-corrected chi connectivity index (χ4v) is 5.22. The molecule has 2 N–H and O–H groups in total. The van der Waals surface area contributed by atoms with Gasteiger partial charge >= 0.3 is 12.2 Å². The number of anilines is 2. The summed E-state index contributed by atoms with van der Waals surface area (Å²) < 4.78 is 61.5. The average molecular weight is 539 g/mol. The quantitative estimate of drug-likeness (QED) is 0.438. The number of halogens is 5. The second-order valence-electron chi connectivity index (χ2n) is 9.52. The van der Waals surface area contributed by atoms with Gasteiger partial charge in [0.15, 0.2) is 0 Å². The average Bonchev–Trinajstić information content (AvgIpc) is 3.18. The first-order chi connectivity index (χ1) is 17.6. The Morgan fingerprint density at radius 1 is 1.08 bits per heavy atom. The van der Waals surface area contributed by atoms with E-state index < -0.39 is 24.0 Å². The van der Waals surface area contributed by atoms with Gasteiger partial charge in [-0.2, -0.15) is 23.1 Å². The number of nitrogen functional groups attached to an aromatic ring is 1. The highest BCUT2D eigenvalue weighted by Crippen LogP contribution is 2.41. The molecular weight excluding hydrogens is 512 g/mol. The van der Waals surface area contributed by atoms with E-state index in [9.17, 15) is 17.6 Å². The molecular formula is C25H27ClF4N6O. The van der Waals surface area contributed by atoms with Gasteiger partial charge in [0.25, 0.3) is 0 Å². The second kappa shape index (κ2) is 10.1. The molecule has 2 aliphatic rings. The predicted octanol–water partition coefficient (Wildman–Crippen LogP) is 5.36. The van der Waals surface area contributed by atoms with Gasteiger partial charge in [-0.25, -0.2) is 9.37 Å². The van der Waals surface area contributed by atoms with Gasteiger partial charge in [-0.05, 0) is 57.0 Å². The van der Waals surface area contributed by atoms with Gasteiger partial charge in [-0.1, -0.05) is 11.6 Å². The summed E-state index contributed by atoms with van der Waals surface area (Å²) in [7, 11) is 1.83. The van der Waals surface area contributed by atoms with Gasteiger partial charge in [0.1, 0.15) is 24.4 Å². The Labute approximate surface area is 216 Å². The molecule has 0 bridgehead atoms. The summed E-state index contributed by atoms with van der Waals surface area (Å²) in [4.78, 5) is 17.1. The maximum atomic E-state index is 14.3. The van der Waals surface area contributed by atoms with Gasteiger partial charge in [0, 0.05) is 30.6 Å². The lowest BCUT2D eigenvalue weighted by Crippen LogP contribution is -2.36. The van der Waals surface area contributed by atoms with Crippen LogP contribution in [-0.4, -0.2) is 65.4 Å². The number of piperidine rings is 1. The number of hydrogen-bond donors (Lipinski definition) is 1. The van der Waals surface area contributed by atoms with Crippen LogP contribution in [0.2, 0.25) is 5.02 Å². The number of ether oxygens (including phenoxy) is 1. The zero-order valence-electron chi connectivity index (χ0n) is 20.2. The summed E-state index contributed by atoms with van der Waals surface area (Å²) in [5.74, 6) is 0.516. The van der Waals surface area contributed by atoms with Gasteiger partial charge in [-0.3, -0.25) is 4.90 Å². The minimum absolute atomic E-state index is 0.0328. The number of fused-ring (bicyclic) bond motifs is 1. The number of likely N-dealkylation sites (tertiary alicyclic amines) is 1. The van der Waals surface area contributed by atoms with Crippen molar-refractivity contribution in [1.29, 1.82) is 0 Å². The third kappa shape index (κ3) is 5.24. The zero-order chi connectivity index (χ0) is 26.3. The molecule has 2 aromatic heterocycles. The molecule has 0 saturated carbocycles. The van der Waals surface area contributed by atoms with Gasteiger partial charge in [0.2, 0.25) is 0 Å². The van der Waals surface area contributed by atoms with Crippen LogP contribution >= 0.6 is 11.6 Å². The van der Waals surface area contributed by atoms with E-state index >= 15 is 0 Å². The molecule has 2 fully saturated rings. The number of rotatable bonds is 5. The minimum atomic E-state index is -4.66. The highest BCUT2D eigenvalue weighted by molar-refractivity contribution is 6.34. The molecule has 2 atom stereocenters. The van der Waals surface area contributed by atoms with E-state index in [1.54, 1.807) is 6.07 Å². The number of likely N-dealkylation sites (N-methyl/N-ethyl adjacent to an activating group) is 1. The van der Waals surface area contributed by atoms with Crippen LogP contribution in [0, 0.1) is 0 Å². The standard InChI is InChI=1S/C25H27ClF4N6O/c1-35-10-7-18(27)20(35)13-37-24-32-19-12-14(22-16(25(28,29)30)5-6-21(31)33-22)17(26)11-15(19)23(34-24)36-8-3-2-4-9-36/h5-6,11-12,18,20H,2-4,7-10,13H2,1H3,(H2,31,33)/t18-,20+/m0/s1. The Kier molecular flexibility index (Phi) is 7.01. The molecule has 0 aliphatic carbocycles. The molecule has 1 aromatic carbocycles. The number of nitrogens with two attached hydrogens (primary N) is 1. The number of pyridine rings is 1. The normalized spacial score (nSPS) is 21.1. The second-order valence-corrected chi connectivity index (χ2v) is 9.93. The van der Waals surface area contributed by atoms with Gasteiger partial charge in [0.05, 0.1) is 27.8 Å². The molecule has 3 aromatic rings. The maximum Gasteiger partial charge on any atom is 0.418 e. The third-order valence-electron chi connectivity index (χ3n) is 7.00. The van der Waals surface area contributed by atoms with Crippen LogP contribution in [0.25, 0.3) is 22.2 Å². The smallest absolute Gasteiger partial charge is 0.418 e. The van der Waals surface area contributed by atoms with Crippen molar-refractivity contribution >= 4 is 34.1 Å². The monoisotopic (exact) mass is 538 g/mol. The molecule has 0 spiro atoms. The van der Waals surface area contributed by atoms with Crippen LogP contribution in [0.1, 0.15) is 31.2 Å². The van der Waals surface area contributed by atoms with E-state index in [-0.39, 0.29) is 34.7 Å². The van der Waals surface area contributed by atoms with E-state index in [0.717, 1.165) is 44.5 Å². The van der Waals surface area contributed by atoms with E-state index in [0.29, 0.717) is 29.7 Å². The number of hydrogen-bond acceptors (Lipinski definition) is 7. The lowest BCUT2D eigenvalue weighted by Gasteiger charge is -2.29. The first-order valence-electron chi connectivity index (χ1n) is 12.2. The van der Waals surface area contributed by atoms with E-state index in [1.165, 1.54) is 6.07 Å². The van der Waals surface area contributed by atoms with Crippen LogP contribution in [0.5, 0.6) is 6.01 Å². The van der Waals surface area contributed by atoms with Gasteiger partial charge in [-0.15, -0.1) is 0 Å². The Hall–Kier alpha value is -2.92. The van der Waals surface area contributed by atoms with Crippen molar-refractivity contribution in [3.8, 4) is 17.3 Å². The van der Waals surface area contributed by atoms with Crippen LogP contribution in [0.15, 0.2) is 24.3 Å². The van der Waals surface area contributed by atoms with Crippen molar-refractivity contribution in [3.05, 3.63) is 34.9 Å². The summed E-state index contributed by atoms with van der Waals surface area (Å²) in [6.45, 7) is 2.21. The van der Waals surface area contributed by atoms with E-state index in [2.05, 4.69) is 19.9 Å². The number of aromatic nitrogens is 3. The van der Waals surface area contributed by atoms with E-state index in [1.807, 2.05) is 11.9 Å². The molecule has 2 saturated heterocycles. The lowest BCUT2D eigenvalue weighted by molar-refractivity contribution is -0.137. The SMILES string of the molecule is CN1CC[C@H](F)[C@H]1COc1nc(N2CCCCC2)c2cc(Cl)c(-c3nc(N)ccc3C(F)(F)F)cc2n1.